The number of nitrogens with zero attached hydrogens (tertiary/aromatic N) is 2. The number of fused-ring (bicyclic) bond motifs is 1. The molecule has 0 aliphatic heterocycles. The average molecular weight is 225 g/mol. The zero-order chi connectivity index (χ0) is 11.7. The lowest BCUT2D eigenvalue weighted by atomic mass is 10.1. The van der Waals surface area contributed by atoms with Crippen LogP contribution in [0.25, 0.3) is 22.2 Å². The summed E-state index contributed by atoms with van der Waals surface area (Å²) in [7, 11) is 1.88. The highest BCUT2D eigenvalue weighted by molar-refractivity contribution is 5.94. The predicted octanol–water partition coefficient (Wildman–Crippen LogP) is 2.93. The molecule has 3 aromatic rings. The van der Waals surface area contributed by atoms with Gasteiger partial charge in [-0.05, 0) is 18.2 Å². The van der Waals surface area contributed by atoms with Crippen LogP contribution in [0.3, 0.4) is 0 Å². The van der Waals surface area contributed by atoms with Crippen molar-refractivity contribution >= 4 is 16.7 Å². The van der Waals surface area contributed by atoms with E-state index in [0.29, 0.717) is 0 Å². The van der Waals surface area contributed by atoms with E-state index in [1.165, 1.54) is 0 Å². The lowest BCUT2D eigenvalue weighted by Gasteiger charge is -2.04. The molecule has 0 saturated carbocycles. The first kappa shape index (κ1) is 9.84. The fourth-order valence-corrected chi connectivity index (χ4v) is 1.88. The summed E-state index contributed by atoms with van der Waals surface area (Å²) >= 11 is 0. The van der Waals surface area contributed by atoms with Crippen LogP contribution in [-0.4, -0.2) is 17.2 Å². The summed E-state index contributed by atoms with van der Waals surface area (Å²) in [5, 5.41) is 8.24. The first-order chi connectivity index (χ1) is 8.40. The van der Waals surface area contributed by atoms with E-state index < -0.39 is 0 Å². The largest absolute Gasteiger partial charge is 0.387 e. The fourth-order valence-electron chi connectivity index (χ4n) is 1.88. The number of aromatic nitrogens is 2. The van der Waals surface area contributed by atoms with Gasteiger partial charge in [0.2, 0.25) is 0 Å². The Morgan fingerprint density at radius 3 is 2.94 bits per heavy atom. The van der Waals surface area contributed by atoms with E-state index in [0.717, 1.165) is 27.9 Å². The maximum atomic E-state index is 5.30. The van der Waals surface area contributed by atoms with Crippen LogP contribution in [0.15, 0.2) is 47.2 Å². The molecule has 1 N–H and O–H groups in total. The second-order valence-electron chi connectivity index (χ2n) is 3.70. The molecule has 1 aromatic carbocycles. The highest BCUT2D eigenvalue weighted by Crippen LogP contribution is 2.31. The Hall–Kier alpha value is -2.36. The number of anilines is 1. The highest BCUT2D eigenvalue weighted by Gasteiger charge is 2.12. The van der Waals surface area contributed by atoms with Crippen LogP contribution in [0.1, 0.15) is 0 Å². The number of nitrogens with one attached hydrogen (secondary N) is 1. The molecule has 0 fully saturated rings. The number of hydrogen-bond donors (Lipinski definition) is 1. The molecule has 4 heteroatoms. The second kappa shape index (κ2) is 3.90. The van der Waals surface area contributed by atoms with Gasteiger partial charge < -0.3 is 9.84 Å². The third-order valence-corrected chi connectivity index (χ3v) is 2.72. The first-order valence-electron chi connectivity index (χ1n) is 5.36. The van der Waals surface area contributed by atoms with Gasteiger partial charge in [-0.2, -0.15) is 0 Å². The molecule has 0 spiro atoms. The highest BCUT2D eigenvalue weighted by atomic mass is 16.5. The third kappa shape index (κ3) is 1.54. The van der Waals surface area contributed by atoms with E-state index in [1.54, 1.807) is 12.4 Å². The van der Waals surface area contributed by atoms with Gasteiger partial charge in [-0.3, -0.25) is 4.98 Å². The van der Waals surface area contributed by atoms with Crippen LogP contribution < -0.4 is 5.32 Å². The SMILES string of the molecule is CNc1ccncc1-c1noc2ccccc12. The maximum absolute atomic E-state index is 5.30. The van der Waals surface area contributed by atoms with Gasteiger partial charge in [0.05, 0.1) is 0 Å². The van der Waals surface area contributed by atoms with Crippen LogP contribution in [0, 0.1) is 0 Å². The number of para-hydroxylation sites is 1. The van der Waals surface area contributed by atoms with Gasteiger partial charge in [0.25, 0.3) is 0 Å². The minimum absolute atomic E-state index is 0.786. The summed E-state index contributed by atoms with van der Waals surface area (Å²) in [4.78, 5) is 4.13. The Labute approximate surface area is 98.3 Å². The van der Waals surface area contributed by atoms with Crippen molar-refractivity contribution in [3.05, 3.63) is 42.7 Å². The van der Waals surface area contributed by atoms with Crippen molar-refractivity contribution in [2.45, 2.75) is 0 Å². The van der Waals surface area contributed by atoms with Crippen molar-refractivity contribution in [2.75, 3.05) is 12.4 Å². The molecule has 0 bridgehead atoms. The molecule has 0 unspecified atom stereocenters. The van der Waals surface area contributed by atoms with Gasteiger partial charge in [-0.1, -0.05) is 17.3 Å². The minimum Gasteiger partial charge on any atom is -0.387 e. The average Bonchev–Trinajstić information content (AvgIpc) is 2.82. The molecule has 0 atom stereocenters. The van der Waals surface area contributed by atoms with Crippen molar-refractivity contribution in [2.24, 2.45) is 0 Å². The zero-order valence-electron chi connectivity index (χ0n) is 9.34. The predicted molar refractivity (Wildman–Crippen MR) is 66.8 cm³/mol. The normalized spacial score (nSPS) is 10.6. The molecule has 0 amide bonds. The minimum atomic E-state index is 0.786. The molecule has 17 heavy (non-hydrogen) atoms. The fraction of sp³-hybridized carbons (Fsp3) is 0.0769. The van der Waals surface area contributed by atoms with E-state index in [2.05, 4.69) is 15.5 Å². The summed E-state index contributed by atoms with van der Waals surface area (Å²) in [5.41, 5.74) is 3.53. The Balaban J connectivity index is 2.27. The van der Waals surface area contributed by atoms with Gasteiger partial charge >= 0.3 is 0 Å². The van der Waals surface area contributed by atoms with Gasteiger partial charge in [-0.25, -0.2) is 0 Å². The van der Waals surface area contributed by atoms with Crippen molar-refractivity contribution in [3.63, 3.8) is 0 Å². The Kier molecular flexibility index (Phi) is 2.26. The van der Waals surface area contributed by atoms with Crippen LogP contribution in [0.2, 0.25) is 0 Å². The molecule has 0 aliphatic rings. The lowest BCUT2D eigenvalue weighted by Crippen LogP contribution is -1.92. The quantitative estimate of drug-likeness (QED) is 0.728. The molecule has 84 valence electrons. The second-order valence-corrected chi connectivity index (χ2v) is 3.70. The van der Waals surface area contributed by atoms with Gasteiger partial charge in [0.1, 0.15) is 5.69 Å². The topological polar surface area (TPSA) is 51.0 Å². The van der Waals surface area contributed by atoms with Gasteiger partial charge in [0, 0.05) is 36.1 Å². The number of benzene rings is 1. The Morgan fingerprint density at radius 1 is 1.18 bits per heavy atom. The summed E-state index contributed by atoms with van der Waals surface area (Å²) in [6.07, 6.45) is 3.54. The number of hydrogen-bond acceptors (Lipinski definition) is 4. The number of rotatable bonds is 2. The monoisotopic (exact) mass is 225 g/mol. The molecule has 2 heterocycles. The molecular formula is C13H11N3O. The summed E-state index contributed by atoms with van der Waals surface area (Å²) in [5.74, 6) is 0. The van der Waals surface area contributed by atoms with Crippen molar-refractivity contribution in [1.29, 1.82) is 0 Å². The van der Waals surface area contributed by atoms with E-state index in [9.17, 15) is 0 Å². The zero-order valence-corrected chi connectivity index (χ0v) is 9.34. The van der Waals surface area contributed by atoms with Crippen molar-refractivity contribution < 1.29 is 4.52 Å². The van der Waals surface area contributed by atoms with Crippen LogP contribution in [0.4, 0.5) is 5.69 Å². The molecule has 0 aliphatic carbocycles. The van der Waals surface area contributed by atoms with E-state index in [-0.39, 0.29) is 0 Å². The van der Waals surface area contributed by atoms with Crippen molar-refractivity contribution in [3.8, 4) is 11.3 Å². The van der Waals surface area contributed by atoms with Crippen LogP contribution in [-0.2, 0) is 0 Å². The van der Waals surface area contributed by atoms with E-state index in [4.69, 9.17) is 4.52 Å². The molecular weight excluding hydrogens is 214 g/mol. The molecule has 4 nitrogen and oxygen atoms in total. The van der Waals surface area contributed by atoms with Crippen LogP contribution in [0.5, 0.6) is 0 Å². The maximum Gasteiger partial charge on any atom is 0.167 e. The first-order valence-corrected chi connectivity index (χ1v) is 5.36. The van der Waals surface area contributed by atoms with Gasteiger partial charge in [0.15, 0.2) is 5.58 Å². The summed E-state index contributed by atoms with van der Waals surface area (Å²) < 4.78 is 5.30. The number of pyridine rings is 1. The summed E-state index contributed by atoms with van der Waals surface area (Å²) in [6.45, 7) is 0. The molecule has 0 saturated heterocycles. The van der Waals surface area contributed by atoms with E-state index >= 15 is 0 Å². The Morgan fingerprint density at radius 2 is 2.06 bits per heavy atom. The molecule has 2 aromatic heterocycles. The van der Waals surface area contributed by atoms with E-state index in [1.807, 2.05) is 37.4 Å². The molecule has 3 rings (SSSR count). The third-order valence-electron chi connectivity index (χ3n) is 2.72. The standard InChI is InChI=1S/C13H11N3O/c1-14-11-6-7-15-8-10(11)13-9-4-2-3-5-12(9)17-16-13/h2-8H,1H3,(H,14,15). The lowest BCUT2D eigenvalue weighted by molar-refractivity contribution is 0.459. The van der Waals surface area contributed by atoms with Gasteiger partial charge in [-0.15, -0.1) is 0 Å². The van der Waals surface area contributed by atoms with Crippen LogP contribution >= 0.6 is 0 Å². The Bertz CT molecular complexity index is 660. The smallest absolute Gasteiger partial charge is 0.167 e. The van der Waals surface area contributed by atoms with Crippen molar-refractivity contribution in [1.82, 2.24) is 10.1 Å². The molecule has 0 radical (unpaired) electrons. The summed E-state index contributed by atoms with van der Waals surface area (Å²) in [6, 6.07) is 9.71.